The van der Waals surface area contributed by atoms with Crippen LogP contribution < -0.4 is 14.8 Å². The number of nitrogens with zero attached hydrogens (tertiary/aromatic N) is 3. The van der Waals surface area contributed by atoms with E-state index in [0.717, 1.165) is 42.2 Å². The summed E-state index contributed by atoms with van der Waals surface area (Å²) in [5.74, 6) is -1.67. The fourth-order valence-corrected chi connectivity index (χ4v) is 3.99. The lowest BCUT2D eigenvalue weighted by molar-refractivity contribution is -0.605. The lowest BCUT2D eigenvalue weighted by Gasteiger charge is -2.30. The Morgan fingerprint density at radius 1 is 1.15 bits per heavy atom. The Labute approximate surface area is 189 Å². The van der Waals surface area contributed by atoms with Gasteiger partial charge in [0.25, 0.3) is 11.8 Å². The summed E-state index contributed by atoms with van der Waals surface area (Å²) in [7, 11) is 0. The van der Waals surface area contributed by atoms with Crippen molar-refractivity contribution in [2.75, 3.05) is 5.32 Å². The van der Waals surface area contributed by atoms with E-state index in [1.807, 2.05) is 12.1 Å². The Morgan fingerprint density at radius 2 is 1.94 bits per heavy atom. The standard InChI is InChI=1S/C24H22F2N4O3/c1-15(17-3-2-4-18(11-17)16-7-9-30(32)10-8-16)23(31)29-22-6-5-20(14-27-22)33-24-21(26)12-19(25)13-28-24/h5-10,12-14,17-18H,1-4,11H2,(H,27,29,31)/t17-,18+/m0/s1. The van der Waals surface area contributed by atoms with Crippen molar-refractivity contribution in [2.45, 2.75) is 31.6 Å². The number of halogens is 2. The molecule has 1 fully saturated rings. The van der Waals surface area contributed by atoms with Crippen LogP contribution in [0.25, 0.3) is 0 Å². The molecule has 3 aromatic rings. The van der Waals surface area contributed by atoms with Crippen molar-refractivity contribution in [3.8, 4) is 11.6 Å². The molecule has 7 nitrogen and oxygen atoms in total. The Balaban J connectivity index is 1.35. The van der Waals surface area contributed by atoms with Crippen molar-refractivity contribution in [1.29, 1.82) is 0 Å². The molecule has 3 heterocycles. The number of ether oxygens (including phenoxy) is 1. The topological polar surface area (TPSA) is 91.0 Å². The van der Waals surface area contributed by atoms with Gasteiger partial charge in [0.05, 0.1) is 12.4 Å². The van der Waals surface area contributed by atoms with Crippen LogP contribution in [0.2, 0.25) is 0 Å². The molecule has 0 aliphatic heterocycles. The minimum atomic E-state index is -0.933. The molecule has 1 aliphatic rings. The molecule has 0 aromatic carbocycles. The molecule has 1 saturated carbocycles. The first-order valence-electron chi connectivity index (χ1n) is 10.5. The highest BCUT2D eigenvalue weighted by Gasteiger charge is 2.28. The number of pyridine rings is 3. The first-order valence-corrected chi connectivity index (χ1v) is 10.5. The van der Waals surface area contributed by atoms with Gasteiger partial charge in [-0.2, -0.15) is 4.73 Å². The smallest absolute Gasteiger partial charge is 0.256 e. The summed E-state index contributed by atoms with van der Waals surface area (Å²) in [6.45, 7) is 4.01. The summed E-state index contributed by atoms with van der Waals surface area (Å²) in [6, 6.07) is 7.31. The number of hydrogen-bond donors (Lipinski definition) is 1. The van der Waals surface area contributed by atoms with Gasteiger partial charge in [-0.1, -0.05) is 13.0 Å². The molecule has 33 heavy (non-hydrogen) atoms. The zero-order valence-corrected chi connectivity index (χ0v) is 17.7. The highest BCUT2D eigenvalue weighted by molar-refractivity contribution is 6.03. The van der Waals surface area contributed by atoms with Crippen molar-refractivity contribution >= 4 is 11.7 Å². The maximum absolute atomic E-state index is 13.7. The summed E-state index contributed by atoms with van der Waals surface area (Å²) in [5, 5.41) is 14.0. The number of rotatable bonds is 6. The monoisotopic (exact) mass is 452 g/mol. The van der Waals surface area contributed by atoms with Crippen molar-refractivity contribution < 1.29 is 23.0 Å². The number of carbonyl (C=O) groups excluding carboxylic acids is 1. The summed E-state index contributed by atoms with van der Waals surface area (Å²) >= 11 is 0. The van der Waals surface area contributed by atoms with Gasteiger partial charge in [-0.3, -0.25) is 4.79 Å². The Bertz CT molecular complexity index is 1150. The highest BCUT2D eigenvalue weighted by atomic mass is 19.1. The average molecular weight is 452 g/mol. The van der Waals surface area contributed by atoms with Crippen molar-refractivity contribution in [3.05, 3.63) is 89.7 Å². The van der Waals surface area contributed by atoms with E-state index in [4.69, 9.17) is 4.74 Å². The van der Waals surface area contributed by atoms with Gasteiger partial charge in [0.1, 0.15) is 17.4 Å². The maximum Gasteiger partial charge on any atom is 0.256 e. The van der Waals surface area contributed by atoms with E-state index in [9.17, 15) is 18.8 Å². The molecule has 0 saturated heterocycles. The van der Waals surface area contributed by atoms with Crippen LogP contribution in [-0.2, 0) is 4.79 Å². The lowest BCUT2D eigenvalue weighted by atomic mass is 9.75. The van der Waals surface area contributed by atoms with E-state index in [0.29, 0.717) is 11.6 Å². The first-order chi connectivity index (χ1) is 15.9. The molecule has 9 heteroatoms. The number of carbonyl (C=O) groups is 1. The van der Waals surface area contributed by atoms with Gasteiger partial charge in [0.15, 0.2) is 18.2 Å². The maximum atomic E-state index is 13.7. The average Bonchev–Trinajstić information content (AvgIpc) is 2.82. The number of aromatic nitrogens is 3. The van der Waals surface area contributed by atoms with Crippen molar-refractivity contribution in [3.63, 3.8) is 0 Å². The normalized spacial score (nSPS) is 17.9. The summed E-state index contributed by atoms with van der Waals surface area (Å²) in [6.07, 6.45) is 8.74. The zero-order valence-electron chi connectivity index (χ0n) is 17.7. The second-order valence-electron chi connectivity index (χ2n) is 7.95. The fraction of sp³-hybridized carbons (Fsp3) is 0.250. The zero-order chi connectivity index (χ0) is 23.4. The Morgan fingerprint density at radius 3 is 2.64 bits per heavy atom. The van der Waals surface area contributed by atoms with E-state index in [-0.39, 0.29) is 35.2 Å². The van der Waals surface area contributed by atoms with Crippen LogP contribution in [0.3, 0.4) is 0 Å². The van der Waals surface area contributed by atoms with Gasteiger partial charge < -0.3 is 15.3 Å². The van der Waals surface area contributed by atoms with Crippen LogP contribution >= 0.6 is 0 Å². The summed E-state index contributed by atoms with van der Waals surface area (Å²) in [4.78, 5) is 20.4. The number of nitrogens with one attached hydrogen (secondary N) is 1. The molecule has 4 rings (SSSR count). The lowest BCUT2D eigenvalue weighted by Crippen LogP contribution is -2.26. The Kier molecular flexibility index (Phi) is 6.58. The van der Waals surface area contributed by atoms with Gasteiger partial charge in [0, 0.05) is 23.8 Å². The largest absolute Gasteiger partial charge is 0.619 e. The minimum Gasteiger partial charge on any atom is -0.619 e. The first kappa shape index (κ1) is 22.3. The minimum absolute atomic E-state index is 0.0264. The molecule has 0 radical (unpaired) electrons. The second-order valence-corrected chi connectivity index (χ2v) is 7.95. The molecule has 1 amide bonds. The van der Waals surface area contributed by atoms with E-state index >= 15 is 0 Å². The van der Waals surface area contributed by atoms with E-state index in [1.54, 1.807) is 0 Å². The third-order valence-electron chi connectivity index (χ3n) is 5.72. The van der Waals surface area contributed by atoms with Crippen LogP contribution in [0.1, 0.15) is 37.2 Å². The third-order valence-corrected chi connectivity index (χ3v) is 5.72. The number of hydrogen-bond acceptors (Lipinski definition) is 5. The summed E-state index contributed by atoms with van der Waals surface area (Å²) < 4.78 is 32.6. The molecule has 170 valence electrons. The molecular weight excluding hydrogens is 430 g/mol. The van der Waals surface area contributed by atoms with Crippen LogP contribution in [0.15, 0.2) is 67.3 Å². The second kappa shape index (κ2) is 9.72. The fourth-order valence-electron chi connectivity index (χ4n) is 3.99. The molecular formula is C24H22F2N4O3. The highest BCUT2D eigenvalue weighted by Crippen LogP contribution is 2.39. The van der Waals surface area contributed by atoms with Crippen LogP contribution in [-0.4, -0.2) is 15.9 Å². The molecule has 1 aliphatic carbocycles. The van der Waals surface area contributed by atoms with Gasteiger partial charge >= 0.3 is 0 Å². The van der Waals surface area contributed by atoms with E-state index in [2.05, 4.69) is 21.9 Å². The third kappa shape index (κ3) is 5.49. The molecule has 1 N–H and O–H groups in total. The number of anilines is 1. The van der Waals surface area contributed by atoms with Crippen LogP contribution in [0.5, 0.6) is 11.6 Å². The molecule has 2 atom stereocenters. The Hall–Kier alpha value is -3.88. The molecule has 0 spiro atoms. The van der Waals surface area contributed by atoms with Crippen LogP contribution in [0.4, 0.5) is 14.6 Å². The predicted octanol–water partition coefficient (Wildman–Crippen LogP) is 4.65. The molecule has 0 unspecified atom stereocenters. The van der Waals surface area contributed by atoms with Gasteiger partial charge in [0.2, 0.25) is 0 Å². The summed E-state index contributed by atoms with van der Waals surface area (Å²) in [5.41, 5.74) is 1.57. The van der Waals surface area contributed by atoms with Gasteiger partial charge in [-0.15, -0.1) is 0 Å². The van der Waals surface area contributed by atoms with Crippen molar-refractivity contribution in [2.24, 2.45) is 5.92 Å². The molecule has 0 bridgehead atoms. The quantitative estimate of drug-likeness (QED) is 0.334. The van der Waals surface area contributed by atoms with Crippen LogP contribution in [0, 0.1) is 22.8 Å². The van der Waals surface area contributed by atoms with E-state index < -0.39 is 11.6 Å². The van der Waals surface area contributed by atoms with Gasteiger partial charge in [-0.05, 0) is 48.8 Å². The number of amides is 1. The van der Waals surface area contributed by atoms with E-state index in [1.165, 1.54) is 30.7 Å². The van der Waals surface area contributed by atoms with Crippen molar-refractivity contribution in [1.82, 2.24) is 9.97 Å². The van der Waals surface area contributed by atoms with Gasteiger partial charge in [-0.25, -0.2) is 18.7 Å². The molecule has 3 aromatic heterocycles. The predicted molar refractivity (Wildman–Crippen MR) is 116 cm³/mol. The SMILES string of the molecule is C=C(C(=O)Nc1ccc(Oc2ncc(F)cc2F)cn1)[C@H]1CCC[C@@H](c2cc[n+]([O-])cc2)C1.